The van der Waals surface area contributed by atoms with Crippen LogP contribution in [0.1, 0.15) is 29.9 Å². The molecule has 186 valence electrons. The highest BCUT2D eigenvalue weighted by Gasteiger charge is 2.32. The third-order valence-electron chi connectivity index (χ3n) is 6.16. The van der Waals surface area contributed by atoms with Gasteiger partial charge in [0.15, 0.2) is 5.49 Å². The first-order chi connectivity index (χ1) is 17.0. The summed E-state index contributed by atoms with van der Waals surface area (Å²) < 4.78 is 57.2. The van der Waals surface area contributed by atoms with Crippen molar-refractivity contribution in [3.05, 3.63) is 81.2 Å². The number of hydrogen-bond acceptors (Lipinski definition) is 5. The predicted octanol–water partition coefficient (Wildman–Crippen LogP) is 4.30. The van der Waals surface area contributed by atoms with Crippen LogP contribution in [0.25, 0.3) is 22.5 Å². The first-order valence-electron chi connectivity index (χ1n) is 11.3. The van der Waals surface area contributed by atoms with Crippen LogP contribution in [0.2, 0.25) is 0 Å². The molecule has 0 amide bonds. The Hall–Kier alpha value is -4.02. The lowest BCUT2D eigenvalue weighted by Gasteiger charge is -2.18. The molecule has 3 aliphatic heterocycles. The predicted molar refractivity (Wildman–Crippen MR) is 126 cm³/mol. The molecule has 0 bridgehead atoms. The number of halogens is 4. The van der Waals surface area contributed by atoms with Crippen molar-refractivity contribution in [2.24, 2.45) is 12.0 Å². The maximum atomic E-state index is 14.0. The summed E-state index contributed by atoms with van der Waals surface area (Å²) in [4.78, 5) is 25.6. The summed E-state index contributed by atoms with van der Waals surface area (Å²) in [6.07, 6.45) is -2.95. The van der Waals surface area contributed by atoms with Gasteiger partial charge in [-0.3, -0.25) is 9.79 Å². The standard InChI is InChI=1S/C25H22F4N6O/c1-13(16-8-17(25(27,28)29)10-18(26)9-16)31-22-20-11-19(15-4-5-21(36)34(3)12-15)23-30-6-7-35(23)24(20)33-14(2)32-22/h4-5,8-13,30H,6-7H2,1-3H3/t13-/m1/s1. The Morgan fingerprint density at radius 1 is 1.11 bits per heavy atom. The highest BCUT2D eigenvalue weighted by molar-refractivity contribution is 5.81. The highest BCUT2D eigenvalue weighted by Crippen LogP contribution is 2.36. The molecule has 1 aromatic heterocycles. The summed E-state index contributed by atoms with van der Waals surface area (Å²) in [5.41, 5.74) is 1.34. The molecule has 0 unspecified atom stereocenters. The van der Waals surface area contributed by atoms with E-state index in [2.05, 4.69) is 20.3 Å². The Kier molecular flexibility index (Phi) is 5.65. The number of nitrogens with one attached hydrogen (secondary N) is 1. The van der Waals surface area contributed by atoms with Gasteiger partial charge in [0.25, 0.3) is 0 Å². The summed E-state index contributed by atoms with van der Waals surface area (Å²) in [6, 6.07) is 6.67. The van der Waals surface area contributed by atoms with Crippen molar-refractivity contribution >= 4 is 5.82 Å². The smallest absolute Gasteiger partial charge is 0.369 e. The molecule has 1 N–H and O–H groups in total. The largest absolute Gasteiger partial charge is 0.416 e. The maximum Gasteiger partial charge on any atom is 0.416 e. The molecule has 3 aliphatic rings. The van der Waals surface area contributed by atoms with Crippen molar-refractivity contribution < 1.29 is 17.6 Å². The number of nitrogens with zero attached hydrogens (tertiary/aromatic N) is 5. The average molecular weight is 498 g/mol. The lowest BCUT2D eigenvalue weighted by atomic mass is 10.0. The van der Waals surface area contributed by atoms with Crippen LogP contribution in [0, 0.1) is 12.7 Å². The second-order valence-electron chi connectivity index (χ2n) is 8.76. The van der Waals surface area contributed by atoms with Gasteiger partial charge >= 0.3 is 6.18 Å². The third-order valence-corrected chi connectivity index (χ3v) is 6.16. The molecule has 4 heterocycles. The number of aromatic nitrogens is 4. The summed E-state index contributed by atoms with van der Waals surface area (Å²) in [7, 11) is 1.66. The zero-order chi connectivity index (χ0) is 25.8. The molecule has 0 saturated heterocycles. The molecule has 5 rings (SSSR count). The van der Waals surface area contributed by atoms with Crippen molar-refractivity contribution in [1.82, 2.24) is 19.1 Å². The Bertz CT molecular complexity index is 1590. The van der Waals surface area contributed by atoms with Gasteiger partial charge in [-0.2, -0.15) is 13.2 Å². The Balaban J connectivity index is 1.72. The van der Waals surface area contributed by atoms with E-state index < -0.39 is 23.6 Å². The van der Waals surface area contributed by atoms with Gasteiger partial charge in [-0.15, -0.1) is 0 Å². The van der Waals surface area contributed by atoms with Crippen LogP contribution in [0.15, 0.2) is 52.4 Å². The summed E-state index contributed by atoms with van der Waals surface area (Å²) in [6.45, 7) is 4.61. The molecule has 2 aromatic rings. The Morgan fingerprint density at radius 2 is 1.89 bits per heavy atom. The molecule has 1 aromatic carbocycles. The lowest BCUT2D eigenvalue weighted by Crippen LogP contribution is -2.21. The fraction of sp³-hybridized carbons (Fsp3) is 0.280. The van der Waals surface area contributed by atoms with Crippen LogP contribution in [0.5, 0.6) is 0 Å². The quantitative estimate of drug-likeness (QED) is 0.428. The monoisotopic (exact) mass is 498 g/mol. The van der Waals surface area contributed by atoms with Crippen molar-refractivity contribution in [1.29, 1.82) is 0 Å². The Morgan fingerprint density at radius 3 is 2.61 bits per heavy atom. The third kappa shape index (κ3) is 4.25. The van der Waals surface area contributed by atoms with Gasteiger partial charge in [0.05, 0.1) is 17.2 Å². The molecule has 0 fully saturated rings. The number of aryl methyl sites for hydroxylation is 2. The zero-order valence-corrected chi connectivity index (χ0v) is 19.7. The second kappa shape index (κ2) is 8.58. The van der Waals surface area contributed by atoms with E-state index in [1.165, 1.54) is 10.6 Å². The molecule has 7 nitrogen and oxygen atoms in total. The summed E-state index contributed by atoms with van der Waals surface area (Å²) in [5, 5.41) is 3.36. The molecule has 0 spiro atoms. The van der Waals surface area contributed by atoms with Gasteiger partial charge in [0.2, 0.25) is 5.56 Å². The number of alkyl halides is 3. The number of rotatable bonds is 3. The van der Waals surface area contributed by atoms with E-state index in [4.69, 9.17) is 0 Å². The molecular formula is C25H22F4N6O. The van der Waals surface area contributed by atoms with Crippen LogP contribution in [0.3, 0.4) is 0 Å². The number of anilines is 1. The first kappa shape index (κ1) is 23.7. The van der Waals surface area contributed by atoms with Crippen molar-refractivity contribution in [2.45, 2.75) is 32.6 Å². The average Bonchev–Trinajstić information content (AvgIpc) is 3.30. The maximum absolute atomic E-state index is 14.0. The topological polar surface area (TPSA) is 77.1 Å². The van der Waals surface area contributed by atoms with E-state index in [1.807, 2.05) is 10.6 Å². The number of pyridine rings is 2. The Labute approximate surface area is 203 Å². The zero-order valence-electron chi connectivity index (χ0n) is 19.7. The highest BCUT2D eigenvalue weighted by atomic mass is 19.4. The van der Waals surface area contributed by atoms with E-state index >= 15 is 0 Å². The van der Waals surface area contributed by atoms with E-state index in [0.717, 1.165) is 29.1 Å². The van der Waals surface area contributed by atoms with Crippen LogP contribution in [-0.2, 0) is 19.8 Å². The normalized spacial score (nSPS) is 14.7. The van der Waals surface area contributed by atoms with Gasteiger partial charge < -0.3 is 14.5 Å². The summed E-state index contributed by atoms with van der Waals surface area (Å²) in [5.74, 6) is 0.914. The minimum Gasteiger partial charge on any atom is -0.369 e. The fourth-order valence-corrected chi connectivity index (χ4v) is 4.39. The van der Waals surface area contributed by atoms with E-state index in [-0.39, 0.29) is 16.6 Å². The first-order valence-corrected chi connectivity index (χ1v) is 11.3. The van der Waals surface area contributed by atoms with Crippen LogP contribution >= 0.6 is 0 Å². The van der Waals surface area contributed by atoms with Gasteiger partial charge in [-0.25, -0.2) is 14.4 Å². The van der Waals surface area contributed by atoms with Crippen molar-refractivity contribution in [3.8, 4) is 22.5 Å². The minimum atomic E-state index is -4.68. The van der Waals surface area contributed by atoms with E-state index in [0.29, 0.717) is 36.4 Å². The number of fused-ring (bicyclic) bond motifs is 3. The van der Waals surface area contributed by atoms with Crippen molar-refractivity contribution in [3.63, 3.8) is 0 Å². The molecule has 0 saturated carbocycles. The van der Waals surface area contributed by atoms with E-state index in [9.17, 15) is 22.4 Å². The molecule has 36 heavy (non-hydrogen) atoms. The van der Waals surface area contributed by atoms with Crippen LogP contribution < -0.4 is 16.4 Å². The van der Waals surface area contributed by atoms with Gasteiger partial charge in [0.1, 0.15) is 23.3 Å². The SMILES string of the molecule is Cc1nc2n3c(c(-c4ccc(=O)n(C)c4)cc-2c(=N[C@H](C)c2cc(F)cc(C(F)(F)F)c2)n1)NCC3. The number of benzene rings is 1. The van der Waals surface area contributed by atoms with Gasteiger partial charge in [0, 0.05) is 43.5 Å². The molecule has 1 atom stereocenters. The van der Waals surface area contributed by atoms with Crippen LogP contribution in [0.4, 0.5) is 23.4 Å². The molecule has 11 heteroatoms. The molecule has 0 aliphatic carbocycles. The van der Waals surface area contributed by atoms with Crippen molar-refractivity contribution in [2.75, 3.05) is 11.9 Å². The van der Waals surface area contributed by atoms with Gasteiger partial charge in [-0.05, 0) is 49.7 Å². The summed E-state index contributed by atoms with van der Waals surface area (Å²) >= 11 is 0. The molecular weight excluding hydrogens is 476 g/mol. The fourth-order valence-electron chi connectivity index (χ4n) is 4.39. The lowest BCUT2D eigenvalue weighted by molar-refractivity contribution is -0.137. The second-order valence-corrected chi connectivity index (χ2v) is 8.76. The number of hydrogen-bond donors (Lipinski definition) is 1. The molecule has 0 radical (unpaired) electrons. The van der Waals surface area contributed by atoms with Crippen LogP contribution in [-0.4, -0.2) is 25.6 Å². The minimum absolute atomic E-state index is 0.0838. The van der Waals surface area contributed by atoms with Gasteiger partial charge in [-0.1, -0.05) is 0 Å². The van der Waals surface area contributed by atoms with E-state index in [1.54, 1.807) is 33.2 Å².